The SMILES string of the molecule is NCc1ccc(Sc2nc3ccccc3o2)c(Cl)c1. The maximum Gasteiger partial charge on any atom is 0.261 e. The van der Waals surface area contributed by atoms with Crippen molar-refractivity contribution in [2.24, 2.45) is 5.73 Å². The fraction of sp³-hybridized carbons (Fsp3) is 0.0714. The summed E-state index contributed by atoms with van der Waals surface area (Å²) < 4.78 is 5.65. The normalized spacial score (nSPS) is 11.1. The van der Waals surface area contributed by atoms with Gasteiger partial charge in [-0.1, -0.05) is 29.8 Å². The van der Waals surface area contributed by atoms with E-state index in [4.69, 9.17) is 21.8 Å². The summed E-state index contributed by atoms with van der Waals surface area (Å²) in [7, 11) is 0. The molecule has 2 N–H and O–H groups in total. The Balaban J connectivity index is 1.92. The van der Waals surface area contributed by atoms with Gasteiger partial charge in [0.2, 0.25) is 0 Å². The van der Waals surface area contributed by atoms with E-state index < -0.39 is 0 Å². The van der Waals surface area contributed by atoms with E-state index in [9.17, 15) is 0 Å². The molecule has 0 unspecified atom stereocenters. The van der Waals surface area contributed by atoms with Crippen molar-refractivity contribution in [3.8, 4) is 0 Å². The molecule has 0 aliphatic rings. The van der Waals surface area contributed by atoms with Gasteiger partial charge in [-0.25, -0.2) is 4.98 Å². The number of hydrogen-bond acceptors (Lipinski definition) is 4. The largest absolute Gasteiger partial charge is 0.431 e. The molecular weight excluding hydrogens is 280 g/mol. The van der Waals surface area contributed by atoms with Crippen molar-refractivity contribution in [2.45, 2.75) is 16.7 Å². The maximum atomic E-state index is 6.21. The van der Waals surface area contributed by atoms with Crippen molar-refractivity contribution in [3.63, 3.8) is 0 Å². The summed E-state index contributed by atoms with van der Waals surface area (Å²) in [5, 5.41) is 1.25. The average Bonchev–Trinajstić information content (AvgIpc) is 2.83. The Morgan fingerprint density at radius 1 is 1.21 bits per heavy atom. The molecule has 0 saturated heterocycles. The van der Waals surface area contributed by atoms with Gasteiger partial charge in [-0.05, 0) is 41.6 Å². The Morgan fingerprint density at radius 2 is 2.05 bits per heavy atom. The molecule has 0 aliphatic heterocycles. The molecule has 1 aromatic heterocycles. The van der Waals surface area contributed by atoms with Crippen molar-refractivity contribution in [3.05, 3.63) is 53.1 Å². The van der Waals surface area contributed by atoms with E-state index >= 15 is 0 Å². The van der Waals surface area contributed by atoms with Crippen molar-refractivity contribution in [1.29, 1.82) is 0 Å². The highest BCUT2D eigenvalue weighted by atomic mass is 35.5. The van der Waals surface area contributed by atoms with E-state index in [0.29, 0.717) is 16.8 Å². The second-order valence-electron chi connectivity index (χ2n) is 4.02. The van der Waals surface area contributed by atoms with Crippen LogP contribution in [0.15, 0.2) is 57.0 Å². The first-order chi connectivity index (χ1) is 9.26. The van der Waals surface area contributed by atoms with Gasteiger partial charge in [0.1, 0.15) is 5.52 Å². The average molecular weight is 291 g/mol. The molecule has 96 valence electrons. The summed E-state index contributed by atoms with van der Waals surface area (Å²) in [4.78, 5) is 5.31. The standard InChI is InChI=1S/C14H11ClN2OS/c15-10-7-9(8-16)5-6-13(10)19-14-17-11-3-1-2-4-12(11)18-14/h1-7H,8,16H2. The molecule has 5 heteroatoms. The van der Waals surface area contributed by atoms with Gasteiger partial charge in [0.05, 0.1) is 5.02 Å². The van der Waals surface area contributed by atoms with Gasteiger partial charge in [-0.3, -0.25) is 0 Å². The van der Waals surface area contributed by atoms with Crippen LogP contribution >= 0.6 is 23.4 Å². The molecule has 3 aromatic rings. The van der Waals surface area contributed by atoms with Crippen molar-refractivity contribution in [2.75, 3.05) is 0 Å². The number of oxazole rings is 1. The van der Waals surface area contributed by atoms with Gasteiger partial charge in [0.25, 0.3) is 5.22 Å². The van der Waals surface area contributed by atoms with Crippen LogP contribution in [0.5, 0.6) is 0 Å². The number of fused-ring (bicyclic) bond motifs is 1. The Kier molecular flexibility index (Phi) is 3.46. The van der Waals surface area contributed by atoms with E-state index in [1.54, 1.807) is 0 Å². The lowest BCUT2D eigenvalue weighted by atomic mass is 10.2. The molecule has 0 aliphatic carbocycles. The Labute approximate surface area is 119 Å². The molecule has 0 saturated carbocycles. The first-order valence-corrected chi connectivity index (χ1v) is 6.97. The summed E-state index contributed by atoms with van der Waals surface area (Å²) in [6, 6.07) is 13.4. The highest BCUT2D eigenvalue weighted by Crippen LogP contribution is 2.34. The van der Waals surface area contributed by atoms with Crippen LogP contribution in [0.1, 0.15) is 5.56 Å². The fourth-order valence-corrected chi connectivity index (χ4v) is 2.82. The number of nitrogens with two attached hydrogens (primary N) is 1. The Bertz CT molecular complexity index is 693. The van der Waals surface area contributed by atoms with Gasteiger partial charge >= 0.3 is 0 Å². The summed E-state index contributed by atoms with van der Waals surface area (Å²) >= 11 is 7.62. The van der Waals surface area contributed by atoms with E-state index in [0.717, 1.165) is 21.6 Å². The van der Waals surface area contributed by atoms with Crippen LogP contribution in [-0.2, 0) is 6.54 Å². The quantitative estimate of drug-likeness (QED) is 0.789. The van der Waals surface area contributed by atoms with E-state index in [2.05, 4.69) is 4.98 Å². The van der Waals surface area contributed by atoms with Crippen molar-refractivity contribution < 1.29 is 4.42 Å². The van der Waals surface area contributed by atoms with Gasteiger partial charge in [-0.15, -0.1) is 0 Å². The topological polar surface area (TPSA) is 52.0 Å². The van der Waals surface area contributed by atoms with Crippen molar-refractivity contribution in [1.82, 2.24) is 4.98 Å². The summed E-state index contributed by atoms with van der Waals surface area (Å²) in [6.07, 6.45) is 0. The zero-order valence-electron chi connectivity index (χ0n) is 9.97. The van der Waals surface area contributed by atoms with Crippen LogP contribution in [-0.4, -0.2) is 4.98 Å². The number of halogens is 1. The molecule has 0 spiro atoms. The third-order valence-electron chi connectivity index (χ3n) is 2.70. The fourth-order valence-electron chi connectivity index (χ4n) is 1.74. The van der Waals surface area contributed by atoms with Gasteiger partial charge in [0.15, 0.2) is 5.58 Å². The number of rotatable bonds is 3. The molecule has 3 nitrogen and oxygen atoms in total. The Hall–Kier alpha value is -1.49. The minimum absolute atomic E-state index is 0.480. The molecule has 1 heterocycles. The molecule has 0 atom stereocenters. The molecular formula is C14H11ClN2OS. The van der Waals surface area contributed by atoms with Crippen LogP contribution in [0.4, 0.5) is 0 Å². The van der Waals surface area contributed by atoms with Gasteiger partial charge in [-0.2, -0.15) is 0 Å². The third kappa shape index (κ3) is 2.61. The van der Waals surface area contributed by atoms with E-state index in [1.165, 1.54) is 11.8 Å². The third-order valence-corrected chi connectivity index (χ3v) is 4.05. The molecule has 0 radical (unpaired) electrons. The predicted octanol–water partition coefficient (Wildman–Crippen LogP) is 4.09. The molecule has 0 amide bonds. The minimum Gasteiger partial charge on any atom is -0.431 e. The highest BCUT2D eigenvalue weighted by molar-refractivity contribution is 7.99. The van der Waals surface area contributed by atoms with E-state index in [-0.39, 0.29) is 0 Å². The molecule has 19 heavy (non-hydrogen) atoms. The lowest BCUT2D eigenvalue weighted by molar-refractivity contribution is 0.489. The lowest BCUT2D eigenvalue weighted by Crippen LogP contribution is -1.95. The number of para-hydroxylation sites is 2. The first kappa shape index (κ1) is 12.5. The molecule has 0 bridgehead atoms. The second-order valence-corrected chi connectivity index (χ2v) is 5.42. The monoisotopic (exact) mass is 290 g/mol. The lowest BCUT2D eigenvalue weighted by Gasteiger charge is -2.03. The zero-order valence-corrected chi connectivity index (χ0v) is 11.5. The maximum absolute atomic E-state index is 6.21. The summed E-state index contributed by atoms with van der Waals surface area (Å²) in [5.74, 6) is 0. The zero-order chi connectivity index (χ0) is 13.2. The second kappa shape index (κ2) is 5.25. The number of hydrogen-bond donors (Lipinski definition) is 1. The van der Waals surface area contributed by atoms with E-state index in [1.807, 2.05) is 42.5 Å². The summed E-state index contributed by atoms with van der Waals surface area (Å²) in [5.41, 5.74) is 8.21. The molecule has 0 fully saturated rings. The predicted molar refractivity (Wildman–Crippen MR) is 77.5 cm³/mol. The van der Waals surface area contributed by atoms with Crippen LogP contribution < -0.4 is 5.73 Å². The van der Waals surface area contributed by atoms with Crippen LogP contribution in [0.2, 0.25) is 5.02 Å². The number of benzene rings is 2. The van der Waals surface area contributed by atoms with Gasteiger partial charge < -0.3 is 10.2 Å². The summed E-state index contributed by atoms with van der Waals surface area (Å²) in [6.45, 7) is 0.480. The smallest absolute Gasteiger partial charge is 0.261 e. The van der Waals surface area contributed by atoms with Crippen molar-refractivity contribution >= 4 is 34.5 Å². The van der Waals surface area contributed by atoms with Crippen LogP contribution in [0.3, 0.4) is 0 Å². The van der Waals surface area contributed by atoms with Crippen LogP contribution in [0, 0.1) is 0 Å². The minimum atomic E-state index is 0.480. The first-order valence-electron chi connectivity index (χ1n) is 5.78. The Morgan fingerprint density at radius 3 is 2.79 bits per heavy atom. The van der Waals surface area contributed by atoms with Gasteiger partial charge in [0, 0.05) is 11.4 Å². The van der Waals surface area contributed by atoms with Crippen LogP contribution in [0.25, 0.3) is 11.1 Å². The molecule has 2 aromatic carbocycles. The molecule has 3 rings (SSSR count). The number of aromatic nitrogens is 1. The number of nitrogens with zero attached hydrogens (tertiary/aromatic N) is 1. The highest BCUT2D eigenvalue weighted by Gasteiger charge is 2.09.